The predicted octanol–water partition coefficient (Wildman–Crippen LogP) is 2.25. The van der Waals surface area contributed by atoms with Gasteiger partial charge in [0, 0.05) is 16.0 Å². The van der Waals surface area contributed by atoms with Gasteiger partial charge in [-0.1, -0.05) is 11.8 Å². The van der Waals surface area contributed by atoms with Gasteiger partial charge in [0.2, 0.25) is 0 Å². The van der Waals surface area contributed by atoms with Gasteiger partial charge in [-0.15, -0.1) is 11.3 Å². The lowest BCUT2D eigenvalue weighted by Crippen LogP contribution is -2.12. The first-order valence-corrected chi connectivity index (χ1v) is 7.56. The Kier molecular flexibility index (Phi) is 3.84. The summed E-state index contributed by atoms with van der Waals surface area (Å²) in [5, 5.41) is 12.0. The van der Waals surface area contributed by atoms with Gasteiger partial charge in [-0.2, -0.15) is 5.10 Å². The van der Waals surface area contributed by atoms with E-state index in [1.165, 1.54) is 29.4 Å². The van der Waals surface area contributed by atoms with E-state index in [0.717, 1.165) is 4.90 Å². The van der Waals surface area contributed by atoms with Gasteiger partial charge < -0.3 is 11.1 Å². The third kappa shape index (κ3) is 3.38. The van der Waals surface area contributed by atoms with Crippen LogP contribution >= 0.6 is 23.1 Å². The summed E-state index contributed by atoms with van der Waals surface area (Å²) in [7, 11) is 0. The van der Waals surface area contributed by atoms with Crippen LogP contribution < -0.4 is 11.1 Å². The van der Waals surface area contributed by atoms with Crippen LogP contribution in [0.15, 0.2) is 46.0 Å². The fourth-order valence-electron chi connectivity index (χ4n) is 1.55. The minimum atomic E-state index is -0.279. The summed E-state index contributed by atoms with van der Waals surface area (Å²) >= 11 is 2.69. The number of benzene rings is 1. The number of H-pyrrole nitrogens is 1. The summed E-state index contributed by atoms with van der Waals surface area (Å²) in [5.74, 6) is -0.279. The van der Waals surface area contributed by atoms with Crippen molar-refractivity contribution in [3.8, 4) is 0 Å². The molecule has 0 aliphatic rings. The van der Waals surface area contributed by atoms with Crippen molar-refractivity contribution in [1.29, 1.82) is 0 Å². The predicted molar refractivity (Wildman–Crippen MR) is 81.4 cm³/mol. The maximum atomic E-state index is 11.9. The maximum absolute atomic E-state index is 11.9. The highest BCUT2D eigenvalue weighted by molar-refractivity contribution is 7.99. The number of amides is 1. The highest BCUT2D eigenvalue weighted by Gasteiger charge is 2.10. The number of hydrogen-bond acceptors (Lipinski definition) is 7. The van der Waals surface area contributed by atoms with Crippen molar-refractivity contribution in [3.05, 3.63) is 41.7 Å². The quantitative estimate of drug-likeness (QED) is 0.680. The van der Waals surface area contributed by atoms with E-state index in [1.807, 2.05) is 24.3 Å². The van der Waals surface area contributed by atoms with E-state index in [1.54, 1.807) is 5.38 Å². The second kappa shape index (κ2) is 5.94. The van der Waals surface area contributed by atoms with Crippen LogP contribution in [0.2, 0.25) is 0 Å². The number of nitrogens with zero attached hydrogens (tertiary/aromatic N) is 3. The van der Waals surface area contributed by atoms with Crippen molar-refractivity contribution in [3.63, 3.8) is 0 Å². The Labute approximate surface area is 128 Å². The zero-order valence-corrected chi connectivity index (χ0v) is 12.2. The molecule has 0 saturated carbocycles. The SMILES string of the molecule is Nc1nc(C(=O)Nc2ccc(Sc3ncn[nH]3)cc2)cs1. The van der Waals surface area contributed by atoms with Crippen LogP contribution in [0.5, 0.6) is 0 Å². The van der Waals surface area contributed by atoms with Crippen molar-refractivity contribution in [2.24, 2.45) is 0 Å². The number of anilines is 2. The van der Waals surface area contributed by atoms with Crippen LogP contribution in [0.25, 0.3) is 0 Å². The molecule has 106 valence electrons. The van der Waals surface area contributed by atoms with Crippen LogP contribution in [0.4, 0.5) is 10.8 Å². The van der Waals surface area contributed by atoms with E-state index in [9.17, 15) is 4.79 Å². The van der Waals surface area contributed by atoms with Gasteiger partial charge in [0.05, 0.1) is 0 Å². The standard InChI is InChI=1S/C12H10N6OS2/c13-11-17-9(5-20-11)10(19)16-7-1-3-8(4-2-7)21-12-14-6-15-18-12/h1-6H,(H2,13,17)(H,16,19)(H,14,15,18). The molecule has 3 rings (SSSR count). The third-order valence-electron chi connectivity index (χ3n) is 2.47. The lowest BCUT2D eigenvalue weighted by Gasteiger charge is -2.04. The van der Waals surface area contributed by atoms with Gasteiger partial charge in [-0.3, -0.25) is 9.89 Å². The zero-order valence-electron chi connectivity index (χ0n) is 10.6. The molecule has 0 bridgehead atoms. The van der Waals surface area contributed by atoms with Crippen molar-refractivity contribution in [2.45, 2.75) is 10.1 Å². The fourth-order valence-corrected chi connectivity index (χ4v) is 2.79. The molecular formula is C12H10N6OS2. The Hall–Kier alpha value is -2.39. The summed E-state index contributed by atoms with van der Waals surface area (Å²) < 4.78 is 0. The monoisotopic (exact) mass is 318 g/mol. The van der Waals surface area contributed by atoms with Crippen molar-refractivity contribution in [1.82, 2.24) is 20.2 Å². The number of carbonyl (C=O) groups is 1. The lowest BCUT2D eigenvalue weighted by atomic mass is 10.3. The van der Waals surface area contributed by atoms with Gasteiger partial charge in [-0.25, -0.2) is 9.97 Å². The van der Waals surface area contributed by atoms with Crippen LogP contribution in [-0.2, 0) is 0 Å². The number of thiazole rings is 1. The lowest BCUT2D eigenvalue weighted by molar-refractivity contribution is 0.102. The molecule has 1 amide bonds. The molecule has 9 heteroatoms. The second-order valence-electron chi connectivity index (χ2n) is 3.94. The number of hydrogen-bond donors (Lipinski definition) is 3. The molecule has 21 heavy (non-hydrogen) atoms. The summed E-state index contributed by atoms with van der Waals surface area (Å²) in [6, 6.07) is 7.40. The van der Waals surface area contributed by atoms with Crippen molar-refractivity contribution in [2.75, 3.05) is 11.1 Å². The highest BCUT2D eigenvalue weighted by Crippen LogP contribution is 2.25. The van der Waals surface area contributed by atoms with Crippen LogP contribution in [0, 0.1) is 0 Å². The second-order valence-corrected chi connectivity index (χ2v) is 5.89. The number of nitrogen functional groups attached to an aromatic ring is 1. The largest absolute Gasteiger partial charge is 0.375 e. The molecule has 1 aromatic carbocycles. The minimum Gasteiger partial charge on any atom is -0.375 e. The molecule has 2 heterocycles. The number of nitrogens with two attached hydrogens (primary N) is 1. The summed E-state index contributed by atoms with van der Waals surface area (Å²) in [5.41, 5.74) is 6.51. The maximum Gasteiger partial charge on any atom is 0.275 e. The van der Waals surface area contributed by atoms with E-state index in [4.69, 9.17) is 5.73 Å². The Bertz CT molecular complexity index is 737. The number of aromatic amines is 1. The Morgan fingerprint density at radius 1 is 1.33 bits per heavy atom. The van der Waals surface area contributed by atoms with Gasteiger partial charge >= 0.3 is 0 Å². The topological polar surface area (TPSA) is 110 Å². The molecule has 0 aliphatic carbocycles. The zero-order chi connectivity index (χ0) is 14.7. The van der Waals surface area contributed by atoms with E-state index < -0.39 is 0 Å². The van der Waals surface area contributed by atoms with Crippen LogP contribution in [-0.4, -0.2) is 26.1 Å². The molecule has 0 saturated heterocycles. The Morgan fingerprint density at radius 3 is 2.76 bits per heavy atom. The summed E-state index contributed by atoms with van der Waals surface area (Å²) in [6.07, 6.45) is 1.45. The van der Waals surface area contributed by atoms with Gasteiger partial charge in [-0.05, 0) is 24.3 Å². The fraction of sp³-hybridized carbons (Fsp3) is 0. The summed E-state index contributed by atoms with van der Waals surface area (Å²) in [6.45, 7) is 0. The third-order valence-corrected chi connectivity index (χ3v) is 4.05. The van der Waals surface area contributed by atoms with Gasteiger partial charge in [0.25, 0.3) is 5.91 Å². The highest BCUT2D eigenvalue weighted by atomic mass is 32.2. The Balaban J connectivity index is 1.65. The normalized spacial score (nSPS) is 10.5. The number of aromatic nitrogens is 4. The molecule has 0 spiro atoms. The molecule has 4 N–H and O–H groups in total. The number of nitrogens with one attached hydrogen (secondary N) is 2. The average Bonchev–Trinajstić information content (AvgIpc) is 3.12. The molecule has 0 atom stereocenters. The molecule has 3 aromatic rings. The molecule has 0 fully saturated rings. The number of rotatable bonds is 4. The first-order chi connectivity index (χ1) is 10.2. The molecule has 0 unspecified atom stereocenters. The molecule has 7 nitrogen and oxygen atoms in total. The first kappa shape index (κ1) is 13.6. The minimum absolute atomic E-state index is 0.279. The summed E-state index contributed by atoms with van der Waals surface area (Å²) in [4.78, 5) is 20.9. The first-order valence-electron chi connectivity index (χ1n) is 5.86. The number of carbonyl (C=O) groups excluding carboxylic acids is 1. The van der Waals surface area contributed by atoms with E-state index in [0.29, 0.717) is 21.7 Å². The smallest absolute Gasteiger partial charge is 0.275 e. The molecular weight excluding hydrogens is 308 g/mol. The van der Waals surface area contributed by atoms with Crippen LogP contribution in [0.3, 0.4) is 0 Å². The van der Waals surface area contributed by atoms with Crippen molar-refractivity contribution < 1.29 is 4.79 Å². The van der Waals surface area contributed by atoms with Gasteiger partial charge in [0.15, 0.2) is 10.3 Å². The average molecular weight is 318 g/mol. The van der Waals surface area contributed by atoms with E-state index >= 15 is 0 Å². The molecule has 0 radical (unpaired) electrons. The van der Waals surface area contributed by atoms with Crippen molar-refractivity contribution >= 4 is 39.8 Å². The Morgan fingerprint density at radius 2 is 2.14 bits per heavy atom. The molecule has 0 aliphatic heterocycles. The van der Waals surface area contributed by atoms with E-state index in [2.05, 4.69) is 25.5 Å². The van der Waals surface area contributed by atoms with Crippen LogP contribution in [0.1, 0.15) is 10.5 Å². The van der Waals surface area contributed by atoms with Gasteiger partial charge in [0.1, 0.15) is 12.0 Å². The van der Waals surface area contributed by atoms with E-state index in [-0.39, 0.29) is 5.91 Å². The molecule has 2 aromatic heterocycles.